The Kier molecular flexibility index (Phi) is 6.30. The summed E-state index contributed by atoms with van der Waals surface area (Å²) < 4.78 is 13.6. The van der Waals surface area contributed by atoms with Crippen LogP contribution in [0.15, 0.2) is 29.4 Å². The Morgan fingerprint density at radius 3 is 2.64 bits per heavy atom. The Labute approximate surface area is 157 Å². The van der Waals surface area contributed by atoms with E-state index in [1.165, 1.54) is 18.6 Å². The van der Waals surface area contributed by atoms with Crippen LogP contribution in [-0.4, -0.2) is 23.6 Å². The number of carbonyl (C=O) groups excluding carboxylic acids is 1. The molecule has 1 aromatic carbocycles. The number of nitrogens with zero attached hydrogens (tertiary/aromatic N) is 2. The first kappa shape index (κ1) is 19.5. The highest BCUT2D eigenvalue weighted by Crippen LogP contribution is 2.24. The van der Waals surface area contributed by atoms with Crippen LogP contribution in [0.2, 0.25) is 5.02 Å². The summed E-state index contributed by atoms with van der Waals surface area (Å²) in [6.07, 6.45) is 2.77. The zero-order valence-electron chi connectivity index (χ0n) is 15.1. The standard InChI is InChI=1S/C18H23ClN2O3S/c1-6-9-24-15-11-21(18(2,3)4)25-17(15)20-16(22)13-10-12(19)7-8-14(13)23-5/h7-8,10-11H,6,9H2,1-5H3. The molecule has 0 bridgehead atoms. The molecule has 1 amide bonds. The van der Waals surface area contributed by atoms with Crippen LogP contribution >= 0.6 is 23.1 Å². The second-order valence-electron chi connectivity index (χ2n) is 6.50. The van der Waals surface area contributed by atoms with Gasteiger partial charge in [0.1, 0.15) is 5.75 Å². The Morgan fingerprint density at radius 2 is 2.04 bits per heavy atom. The number of amides is 1. The van der Waals surface area contributed by atoms with Gasteiger partial charge in [-0.3, -0.25) is 8.75 Å². The largest absolute Gasteiger partial charge is 0.496 e. The Hall–Kier alpha value is -1.79. The van der Waals surface area contributed by atoms with Gasteiger partial charge in [-0.25, -0.2) is 0 Å². The number of ether oxygens (including phenoxy) is 2. The van der Waals surface area contributed by atoms with Crippen LogP contribution in [0.4, 0.5) is 0 Å². The molecule has 2 rings (SSSR count). The van der Waals surface area contributed by atoms with Gasteiger partial charge >= 0.3 is 0 Å². The average Bonchev–Trinajstić information content (AvgIpc) is 2.95. The highest BCUT2D eigenvalue weighted by molar-refractivity contribution is 7.04. The lowest BCUT2D eigenvalue weighted by Gasteiger charge is -2.18. The Bertz CT molecular complexity index is 818. The number of hydrogen-bond acceptors (Lipinski definition) is 4. The van der Waals surface area contributed by atoms with Gasteiger partial charge in [-0.2, -0.15) is 4.99 Å². The van der Waals surface area contributed by atoms with Crippen molar-refractivity contribution in [1.29, 1.82) is 0 Å². The molecule has 0 aliphatic carbocycles. The van der Waals surface area contributed by atoms with Crippen LogP contribution in [0.1, 0.15) is 44.5 Å². The van der Waals surface area contributed by atoms with Crippen molar-refractivity contribution >= 4 is 29.0 Å². The molecule has 5 nitrogen and oxygen atoms in total. The molecule has 0 spiro atoms. The first-order valence-electron chi connectivity index (χ1n) is 8.05. The summed E-state index contributed by atoms with van der Waals surface area (Å²) in [6.45, 7) is 8.84. The topological polar surface area (TPSA) is 52.8 Å². The Balaban J connectivity index is 2.50. The van der Waals surface area contributed by atoms with Crippen molar-refractivity contribution in [3.05, 3.63) is 39.7 Å². The third kappa shape index (κ3) is 4.86. The number of benzene rings is 1. The van der Waals surface area contributed by atoms with Crippen molar-refractivity contribution < 1.29 is 14.3 Å². The van der Waals surface area contributed by atoms with E-state index in [2.05, 4.69) is 25.8 Å². The van der Waals surface area contributed by atoms with Gasteiger partial charge in [0, 0.05) is 10.6 Å². The molecule has 0 unspecified atom stereocenters. The van der Waals surface area contributed by atoms with Crippen molar-refractivity contribution in [1.82, 2.24) is 3.96 Å². The number of aromatic nitrogens is 1. The SMILES string of the molecule is CCCOc1cn(C(C)(C)C)sc1=NC(=O)c1cc(Cl)ccc1OC. The van der Waals surface area contributed by atoms with E-state index in [1.807, 2.05) is 17.1 Å². The third-order valence-electron chi connectivity index (χ3n) is 3.35. The van der Waals surface area contributed by atoms with E-state index in [9.17, 15) is 4.79 Å². The molecular formula is C18H23ClN2O3S. The third-order valence-corrected chi connectivity index (χ3v) is 4.90. The number of methoxy groups -OCH3 is 1. The Morgan fingerprint density at radius 1 is 1.32 bits per heavy atom. The van der Waals surface area contributed by atoms with Gasteiger partial charge in [-0.1, -0.05) is 18.5 Å². The molecule has 0 atom stereocenters. The number of rotatable bonds is 5. The van der Waals surface area contributed by atoms with E-state index in [0.717, 1.165) is 6.42 Å². The molecule has 7 heteroatoms. The summed E-state index contributed by atoms with van der Waals surface area (Å²) in [5.41, 5.74) is 0.201. The van der Waals surface area contributed by atoms with Crippen LogP contribution in [-0.2, 0) is 5.54 Å². The molecule has 0 saturated heterocycles. The molecule has 0 radical (unpaired) electrons. The minimum atomic E-state index is -0.413. The highest BCUT2D eigenvalue weighted by atomic mass is 35.5. The summed E-state index contributed by atoms with van der Waals surface area (Å²) in [5, 5.41) is 0.456. The maximum absolute atomic E-state index is 12.7. The molecule has 0 saturated carbocycles. The van der Waals surface area contributed by atoms with Gasteiger partial charge in [0.15, 0.2) is 10.4 Å². The zero-order chi connectivity index (χ0) is 18.6. The van der Waals surface area contributed by atoms with Crippen molar-refractivity contribution in [3.63, 3.8) is 0 Å². The summed E-state index contributed by atoms with van der Waals surface area (Å²) in [5.74, 6) is 0.633. The van der Waals surface area contributed by atoms with Crippen LogP contribution in [0.25, 0.3) is 0 Å². The van der Waals surface area contributed by atoms with E-state index in [-0.39, 0.29) is 5.54 Å². The lowest BCUT2D eigenvalue weighted by molar-refractivity contribution is 0.0995. The molecule has 136 valence electrons. The molecule has 1 aromatic heterocycles. The summed E-state index contributed by atoms with van der Waals surface area (Å²) in [6, 6.07) is 4.89. The summed E-state index contributed by atoms with van der Waals surface area (Å²) >= 11 is 7.40. The molecule has 1 heterocycles. The average molecular weight is 383 g/mol. The zero-order valence-corrected chi connectivity index (χ0v) is 16.7. The number of hydrogen-bond donors (Lipinski definition) is 0. The van der Waals surface area contributed by atoms with Gasteiger partial charge in [0.2, 0.25) is 0 Å². The summed E-state index contributed by atoms with van der Waals surface area (Å²) in [7, 11) is 1.51. The fraction of sp³-hybridized carbons (Fsp3) is 0.444. The normalized spacial score (nSPS) is 12.3. The van der Waals surface area contributed by atoms with Gasteiger partial charge in [-0.15, -0.1) is 0 Å². The number of halogens is 1. The van der Waals surface area contributed by atoms with Crippen molar-refractivity contribution in [2.75, 3.05) is 13.7 Å². The highest BCUT2D eigenvalue weighted by Gasteiger charge is 2.18. The van der Waals surface area contributed by atoms with Crippen LogP contribution in [0.3, 0.4) is 0 Å². The van der Waals surface area contributed by atoms with Crippen LogP contribution < -0.4 is 14.1 Å². The first-order valence-corrected chi connectivity index (χ1v) is 9.20. The lowest BCUT2D eigenvalue weighted by atomic mass is 10.1. The van der Waals surface area contributed by atoms with E-state index in [0.29, 0.717) is 33.4 Å². The maximum Gasteiger partial charge on any atom is 0.282 e. The summed E-state index contributed by atoms with van der Waals surface area (Å²) in [4.78, 5) is 16.9. The second kappa shape index (κ2) is 8.06. The molecule has 25 heavy (non-hydrogen) atoms. The monoisotopic (exact) mass is 382 g/mol. The fourth-order valence-corrected chi connectivity index (χ4v) is 3.15. The predicted molar refractivity (Wildman–Crippen MR) is 101 cm³/mol. The second-order valence-corrected chi connectivity index (χ2v) is 7.90. The van der Waals surface area contributed by atoms with E-state index in [1.54, 1.807) is 18.2 Å². The minimum Gasteiger partial charge on any atom is -0.496 e. The molecule has 0 N–H and O–H groups in total. The van der Waals surface area contributed by atoms with Gasteiger partial charge in [0.05, 0.1) is 25.5 Å². The smallest absolute Gasteiger partial charge is 0.282 e. The fourth-order valence-electron chi connectivity index (χ4n) is 2.04. The van der Waals surface area contributed by atoms with Crippen LogP contribution in [0, 0.1) is 0 Å². The van der Waals surface area contributed by atoms with Crippen molar-refractivity contribution in [2.45, 2.75) is 39.7 Å². The molecular weight excluding hydrogens is 360 g/mol. The van der Waals surface area contributed by atoms with Crippen molar-refractivity contribution in [2.24, 2.45) is 4.99 Å². The first-order chi connectivity index (χ1) is 11.8. The quantitative estimate of drug-likeness (QED) is 0.765. The van der Waals surface area contributed by atoms with Gasteiger partial charge in [-0.05, 0) is 56.9 Å². The van der Waals surface area contributed by atoms with Gasteiger partial charge < -0.3 is 9.47 Å². The van der Waals surface area contributed by atoms with E-state index < -0.39 is 5.91 Å². The van der Waals surface area contributed by atoms with Crippen LogP contribution in [0.5, 0.6) is 11.5 Å². The maximum atomic E-state index is 12.7. The molecule has 0 aliphatic rings. The minimum absolute atomic E-state index is 0.125. The molecule has 2 aromatic rings. The van der Waals surface area contributed by atoms with Crippen molar-refractivity contribution in [3.8, 4) is 11.5 Å². The molecule has 0 fully saturated rings. The van der Waals surface area contributed by atoms with E-state index in [4.69, 9.17) is 21.1 Å². The number of carbonyl (C=O) groups is 1. The predicted octanol–water partition coefficient (Wildman–Crippen LogP) is 4.50. The lowest BCUT2D eigenvalue weighted by Crippen LogP contribution is -2.18. The van der Waals surface area contributed by atoms with Gasteiger partial charge in [0.25, 0.3) is 5.91 Å². The molecule has 0 aliphatic heterocycles. The van der Waals surface area contributed by atoms with E-state index >= 15 is 0 Å².